The standard InChI is InChI=1S/C23H24BrN5O3/c1-31-20-9-6-15(12-21(20)32-2)11-17-5-3-4-10-28(17)29-22(30)18-13-16(24)7-8-19(18)27-14-25-26-23(27)29/h6-9,12-14,17H,3-5,10-11H2,1-2H3. The minimum absolute atomic E-state index is 0.0824. The van der Waals surface area contributed by atoms with Crippen molar-refractivity contribution in [1.29, 1.82) is 0 Å². The minimum atomic E-state index is -0.0824. The summed E-state index contributed by atoms with van der Waals surface area (Å²) >= 11 is 3.50. The highest BCUT2D eigenvalue weighted by Crippen LogP contribution is 2.29. The zero-order chi connectivity index (χ0) is 22.2. The van der Waals surface area contributed by atoms with E-state index >= 15 is 0 Å². The molecule has 166 valence electrons. The van der Waals surface area contributed by atoms with Crippen LogP contribution in [-0.4, -0.2) is 46.1 Å². The van der Waals surface area contributed by atoms with E-state index in [0.717, 1.165) is 47.8 Å². The Bertz CT molecular complexity index is 1350. The Morgan fingerprint density at radius 2 is 1.94 bits per heavy atom. The van der Waals surface area contributed by atoms with Crippen molar-refractivity contribution >= 4 is 32.6 Å². The number of rotatable bonds is 5. The Balaban J connectivity index is 1.60. The van der Waals surface area contributed by atoms with Crippen LogP contribution in [-0.2, 0) is 6.42 Å². The quantitative estimate of drug-likeness (QED) is 0.419. The number of aromatic nitrogens is 4. The van der Waals surface area contributed by atoms with E-state index in [2.05, 4.69) is 37.2 Å². The third-order valence-electron chi connectivity index (χ3n) is 6.13. The number of piperidine rings is 1. The van der Waals surface area contributed by atoms with Gasteiger partial charge < -0.3 is 14.5 Å². The first-order chi connectivity index (χ1) is 15.6. The minimum Gasteiger partial charge on any atom is -0.493 e. The largest absolute Gasteiger partial charge is 0.493 e. The number of hydrogen-bond donors (Lipinski definition) is 0. The fourth-order valence-electron chi connectivity index (χ4n) is 4.61. The summed E-state index contributed by atoms with van der Waals surface area (Å²) in [5.41, 5.74) is 1.84. The second-order valence-electron chi connectivity index (χ2n) is 7.99. The molecular weight excluding hydrogens is 474 g/mol. The number of fused-ring (bicyclic) bond motifs is 3. The van der Waals surface area contributed by atoms with Gasteiger partial charge in [-0.2, -0.15) is 4.68 Å². The lowest BCUT2D eigenvalue weighted by Crippen LogP contribution is -2.53. The number of benzene rings is 2. The fraction of sp³-hybridized carbons (Fsp3) is 0.348. The number of nitrogens with zero attached hydrogens (tertiary/aromatic N) is 5. The fourth-order valence-corrected chi connectivity index (χ4v) is 4.97. The highest BCUT2D eigenvalue weighted by atomic mass is 79.9. The maximum atomic E-state index is 13.7. The molecule has 1 saturated heterocycles. The second-order valence-corrected chi connectivity index (χ2v) is 8.90. The summed E-state index contributed by atoms with van der Waals surface area (Å²) in [6, 6.07) is 11.8. The topological polar surface area (TPSA) is 73.9 Å². The normalized spacial score (nSPS) is 16.6. The number of halogens is 1. The molecule has 32 heavy (non-hydrogen) atoms. The molecule has 0 N–H and O–H groups in total. The maximum Gasteiger partial charge on any atom is 0.281 e. The molecule has 0 spiro atoms. The molecule has 2 aromatic carbocycles. The van der Waals surface area contributed by atoms with E-state index < -0.39 is 0 Å². The van der Waals surface area contributed by atoms with Crippen LogP contribution < -0.4 is 20.0 Å². The van der Waals surface area contributed by atoms with Crippen molar-refractivity contribution in [3.63, 3.8) is 0 Å². The third kappa shape index (κ3) is 3.50. The number of ether oxygens (including phenoxy) is 2. The molecule has 3 heterocycles. The van der Waals surface area contributed by atoms with Crippen LogP contribution in [0.15, 0.2) is 52.0 Å². The van der Waals surface area contributed by atoms with Gasteiger partial charge in [-0.05, 0) is 61.6 Å². The van der Waals surface area contributed by atoms with Crippen LogP contribution in [0.25, 0.3) is 16.7 Å². The summed E-state index contributed by atoms with van der Waals surface area (Å²) in [7, 11) is 3.28. The molecule has 1 unspecified atom stereocenters. The first kappa shape index (κ1) is 20.8. The first-order valence-corrected chi connectivity index (χ1v) is 11.4. The SMILES string of the molecule is COc1ccc(CC2CCCCN2n2c(=O)c3cc(Br)ccc3n3cnnc23)cc1OC. The monoisotopic (exact) mass is 497 g/mol. The van der Waals surface area contributed by atoms with Crippen LogP contribution in [0.5, 0.6) is 11.5 Å². The van der Waals surface area contributed by atoms with E-state index in [1.54, 1.807) is 25.2 Å². The third-order valence-corrected chi connectivity index (χ3v) is 6.63. The molecule has 5 rings (SSSR count). The molecular formula is C23H24BrN5O3. The molecule has 0 amide bonds. The van der Waals surface area contributed by atoms with Crippen LogP contribution >= 0.6 is 15.9 Å². The van der Waals surface area contributed by atoms with Gasteiger partial charge in [-0.3, -0.25) is 9.20 Å². The van der Waals surface area contributed by atoms with Gasteiger partial charge in [0.15, 0.2) is 11.5 Å². The second kappa shape index (κ2) is 8.46. The molecule has 1 aliphatic rings. The van der Waals surface area contributed by atoms with Crippen LogP contribution in [0.2, 0.25) is 0 Å². The van der Waals surface area contributed by atoms with Crippen molar-refractivity contribution in [1.82, 2.24) is 19.3 Å². The van der Waals surface area contributed by atoms with Gasteiger partial charge in [0, 0.05) is 17.1 Å². The zero-order valence-corrected chi connectivity index (χ0v) is 19.6. The maximum absolute atomic E-state index is 13.7. The molecule has 0 radical (unpaired) electrons. The number of methoxy groups -OCH3 is 2. The highest BCUT2D eigenvalue weighted by molar-refractivity contribution is 9.10. The summed E-state index contributed by atoms with van der Waals surface area (Å²) in [6.45, 7) is 0.778. The van der Waals surface area contributed by atoms with Crippen molar-refractivity contribution in [3.05, 3.63) is 63.1 Å². The molecule has 1 fully saturated rings. The lowest BCUT2D eigenvalue weighted by Gasteiger charge is -2.38. The average molecular weight is 498 g/mol. The molecule has 0 saturated carbocycles. The van der Waals surface area contributed by atoms with E-state index in [1.807, 2.05) is 34.7 Å². The molecule has 0 bridgehead atoms. The Kier molecular flexibility index (Phi) is 5.50. The number of hydrogen-bond acceptors (Lipinski definition) is 6. The molecule has 2 aromatic heterocycles. The van der Waals surface area contributed by atoms with Crippen LogP contribution in [0.4, 0.5) is 0 Å². The van der Waals surface area contributed by atoms with Gasteiger partial charge in [-0.1, -0.05) is 22.0 Å². The zero-order valence-electron chi connectivity index (χ0n) is 18.0. The smallest absolute Gasteiger partial charge is 0.281 e. The first-order valence-electron chi connectivity index (χ1n) is 10.6. The molecule has 0 aliphatic carbocycles. The van der Waals surface area contributed by atoms with E-state index in [0.29, 0.717) is 22.7 Å². The summed E-state index contributed by atoms with van der Waals surface area (Å²) in [5.74, 6) is 1.95. The molecule has 4 aromatic rings. The predicted octanol–water partition coefficient (Wildman–Crippen LogP) is 3.56. The lowest BCUT2D eigenvalue weighted by molar-refractivity contribution is 0.352. The van der Waals surface area contributed by atoms with E-state index in [4.69, 9.17) is 9.47 Å². The molecule has 8 nitrogen and oxygen atoms in total. The van der Waals surface area contributed by atoms with Crippen molar-refractivity contribution < 1.29 is 9.47 Å². The molecule has 1 aliphatic heterocycles. The van der Waals surface area contributed by atoms with Crippen LogP contribution in [0.3, 0.4) is 0 Å². The average Bonchev–Trinajstić information content (AvgIpc) is 3.29. The Morgan fingerprint density at radius 1 is 1.09 bits per heavy atom. The highest BCUT2D eigenvalue weighted by Gasteiger charge is 2.27. The van der Waals surface area contributed by atoms with E-state index in [1.165, 1.54) is 0 Å². The van der Waals surface area contributed by atoms with Crippen LogP contribution in [0, 0.1) is 0 Å². The Hall–Kier alpha value is -3.07. The molecule has 9 heteroatoms. The lowest BCUT2D eigenvalue weighted by atomic mass is 9.96. The van der Waals surface area contributed by atoms with Crippen molar-refractivity contribution in [2.75, 3.05) is 25.8 Å². The van der Waals surface area contributed by atoms with E-state index in [-0.39, 0.29) is 11.6 Å². The summed E-state index contributed by atoms with van der Waals surface area (Å²) < 4.78 is 15.3. The van der Waals surface area contributed by atoms with Gasteiger partial charge in [0.1, 0.15) is 6.33 Å². The van der Waals surface area contributed by atoms with E-state index in [9.17, 15) is 4.79 Å². The van der Waals surface area contributed by atoms with Crippen LogP contribution in [0.1, 0.15) is 24.8 Å². The van der Waals surface area contributed by atoms with Crippen molar-refractivity contribution in [2.24, 2.45) is 0 Å². The predicted molar refractivity (Wildman–Crippen MR) is 126 cm³/mol. The summed E-state index contributed by atoms with van der Waals surface area (Å²) in [6.07, 6.45) is 5.56. The molecule has 1 atom stereocenters. The Morgan fingerprint density at radius 3 is 2.75 bits per heavy atom. The van der Waals surface area contributed by atoms with Gasteiger partial charge >= 0.3 is 0 Å². The van der Waals surface area contributed by atoms with Crippen molar-refractivity contribution in [3.8, 4) is 11.5 Å². The van der Waals surface area contributed by atoms with Gasteiger partial charge in [-0.15, -0.1) is 10.2 Å². The van der Waals surface area contributed by atoms with Gasteiger partial charge in [0.2, 0.25) is 0 Å². The van der Waals surface area contributed by atoms with Gasteiger partial charge in [0.05, 0.1) is 25.1 Å². The summed E-state index contributed by atoms with van der Waals surface area (Å²) in [5, 5.41) is 11.2. The van der Waals surface area contributed by atoms with Crippen molar-refractivity contribution in [2.45, 2.75) is 31.7 Å². The Labute approximate surface area is 193 Å². The van der Waals surface area contributed by atoms with Gasteiger partial charge in [0.25, 0.3) is 11.3 Å². The van der Waals surface area contributed by atoms with Gasteiger partial charge in [-0.25, -0.2) is 0 Å². The summed E-state index contributed by atoms with van der Waals surface area (Å²) in [4.78, 5) is 13.7.